The molecule has 0 aromatic carbocycles. The molecule has 11 heavy (non-hydrogen) atoms. The van der Waals surface area contributed by atoms with Gasteiger partial charge in [-0.3, -0.25) is 0 Å². The van der Waals surface area contributed by atoms with E-state index in [9.17, 15) is 0 Å². The first-order chi connectivity index (χ1) is 4.71. The summed E-state index contributed by atoms with van der Waals surface area (Å²) in [4.78, 5) is 0. The Hall–Kier alpha value is 0.544. The molecule has 69 valence electrons. The maximum Gasteiger partial charge on any atom is 0 e. The van der Waals surface area contributed by atoms with Crippen molar-refractivity contribution in [2.45, 2.75) is 40.5 Å². The monoisotopic (exact) mass is 196 g/mol. The summed E-state index contributed by atoms with van der Waals surface area (Å²) in [5.74, 6) is 0. The minimum Gasteiger partial charge on any atom is -0.317 e. The van der Waals surface area contributed by atoms with Gasteiger partial charge in [-0.15, -0.1) is 0 Å². The first kappa shape index (κ1) is 14.1. The number of rotatable bonds is 0. The van der Waals surface area contributed by atoms with Gasteiger partial charge in [-0.1, -0.05) is 27.7 Å². The van der Waals surface area contributed by atoms with Crippen molar-refractivity contribution in [1.29, 1.82) is 0 Å². The Balaban J connectivity index is -0.000000189. The molecule has 0 saturated carbocycles. The zero-order valence-electron chi connectivity index (χ0n) is 8.28. The van der Waals surface area contributed by atoms with E-state index < -0.39 is 0 Å². The van der Waals surface area contributed by atoms with Crippen LogP contribution in [-0.4, -0.2) is 13.1 Å². The molecule has 1 N–H and O–H groups in total. The van der Waals surface area contributed by atoms with Crippen molar-refractivity contribution in [3.05, 3.63) is 0 Å². The van der Waals surface area contributed by atoms with Crippen LogP contribution in [0.4, 0.5) is 0 Å². The first-order valence-corrected chi connectivity index (χ1v) is 4.41. The van der Waals surface area contributed by atoms with E-state index in [-0.39, 0.29) is 20.0 Å². The van der Waals surface area contributed by atoms with Gasteiger partial charge in [0.1, 0.15) is 0 Å². The van der Waals surface area contributed by atoms with Crippen LogP contribution >= 0.6 is 0 Å². The second kappa shape index (κ2) is 7.21. The molecule has 1 nitrogen and oxygen atoms in total. The molecule has 1 saturated heterocycles. The van der Waals surface area contributed by atoms with E-state index in [1.807, 2.05) is 13.8 Å². The van der Waals surface area contributed by atoms with Gasteiger partial charge >= 0.3 is 0 Å². The van der Waals surface area contributed by atoms with E-state index in [2.05, 4.69) is 19.2 Å². The fourth-order valence-electron chi connectivity index (χ4n) is 1.10. The van der Waals surface area contributed by atoms with E-state index >= 15 is 0 Å². The standard InChI is InChI=1S/C7H15N.C2H6.V.H2/c1-7(2)3-5-8-6-4-7;1-2;;/h8H,3-6H2,1-2H3;1-2H3;;1H. The molecule has 1 rings (SSSR count). The summed E-state index contributed by atoms with van der Waals surface area (Å²) in [5.41, 5.74) is 0.616. The van der Waals surface area contributed by atoms with Crippen LogP contribution in [0.5, 0.6) is 0 Å². The predicted molar refractivity (Wildman–Crippen MR) is 49.3 cm³/mol. The Bertz CT molecular complexity index is 78.6. The molecule has 0 aromatic rings. The average Bonchev–Trinajstić information content (AvgIpc) is 1.92. The number of hydrogen-bond acceptors (Lipinski definition) is 1. The minimum absolute atomic E-state index is 0. The number of piperidine rings is 1. The second-order valence-electron chi connectivity index (χ2n) is 3.41. The summed E-state index contributed by atoms with van der Waals surface area (Å²) in [6.45, 7) is 11.1. The van der Waals surface area contributed by atoms with Gasteiger partial charge in [-0.25, -0.2) is 0 Å². The first-order valence-electron chi connectivity index (χ1n) is 4.41. The quantitative estimate of drug-likeness (QED) is 0.628. The predicted octanol–water partition coefficient (Wildman–Crippen LogP) is 2.67. The van der Waals surface area contributed by atoms with E-state index in [4.69, 9.17) is 0 Å². The summed E-state index contributed by atoms with van der Waals surface area (Å²) in [6, 6.07) is 0. The van der Waals surface area contributed by atoms with Gasteiger partial charge in [-0.05, 0) is 31.3 Å². The van der Waals surface area contributed by atoms with Crippen LogP contribution in [0.1, 0.15) is 42.0 Å². The summed E-state index contributed by atoms with van der Waals surface area (Å²) in [6.07, 6.45) is 2.68. The van der Waals surface area contributed by atoms with Gasteiger partial charge < -0.3 is 5.32 Å². The molecular weight excluding hydrogens is 173 g/mol. The molecule has 0 bridgehead atoms. The van der Waals surface area contributed by atoms with E-state index in [0.717, 1.165) is 0 Å². The van der Waals surface area contributed by atoms with Gasteiger partial charge in [0, 0.05) is 20.0 Å². The summed E-state index contributed by atoms with van der Waals surface area (Å²) in [7, 11) is 0. The summed E-state index contributed by atoms with van der Waals surface area (Å²) < 4.78 is 0. The fourth-order valence-corrected chi connectivity index (χ4v) is 1.10. The zero-order chi connectivity index (χ0) is 8.04. The van der Waals surface area contributed by atoms with Crippen molar-refractivity contribution in [2.75, 3.05) is 13.1 Å². The molecule has 1 aliphatic heterocycles. The summed E-state index contributed by atoms with van der Waals surface area (Å²) >= 11 is 0. The van der Waals surface area contributed by atoms with Crippen LogP contribution in [0.25, 0.3) is 0 Å². The third-order valence-corrected chi connectivity index (χ3v) is 1.96. The Morgan fingerprint density at radius 3 is 1.64 bits per heavy atom. The van der Waals surface area contributed by atoms with Crippen molar-refractivity contribution in [3.63, 3.8) is 0 Å². The van der Waals surface area contributed by atoms with Crippen LogP contribution in [-0.2, 0) is 18.6 Å². The van der Waals surface area contributed by atoms with Crippen LogP contribution in [0.2, 0.25) is 0 Å². The Morgan fingerprint density at radius 2 is 1.45 bits per heavy atom. The topological polar surface area (TPSA) is 12.0 Å². The van der Waals surface area contributed by atoms with Gasteiger partial charge in [0.15, 0.2) is 0 Å². The largest absolute Gasteiger partial charge is 0.317 e. The van der Waals surface area contributed by atoms with E-state index in [1.165, 1.54) is 25.9 Å². The maximum absolute atomic E-state index is 3.34. The molecule has 0 atom stereocenters. The molecule has 0 aliphatic carbocycles. The van der Waals surface area contributed by atoms with Gasteiger partial charge in [0.05, 0.1) is 0 Å². The molecule has 1 radical (unpaired) electrons. The molecule has 1 aliphatic rings. The second-order valence-corrected chi connectivity index (χ2v) is 3.41. The molecule has 1 fully saturated rings. The Labute approximate surface area is 84.7 Å². The van der Waals surface area contributed by atoms with Crippen LogP contribution < -0.4 is 5.32 Å². The van der Waals surface area contributed by atoms with E-state index in [1.54, 1.807) is 0 Å². The Kier molecular flexibility index (Phi) is 9.23. The number of nitrogens with one attached hydrogen (secondary N) is 1. The minimum atomic E-state index is 0. The molecule has 0 aromatic heterocycles. The smallest absolute Gasteiger partial charge is 0 e. The Morgan fingerprint density at radius 1 is 1.09 bits per heavy atom. The van der Waals surface area contributed by atoms with Crippen LogP contribution in [0.3, 0.4) is 0 Å². The molecule has 0 unspecified atom stereocenters. The van der Waals surface area contributed by atoms with Crippen LogP contribution in [0.15, 0.2) is 0 Å². The number of hydrogen-bond donors (Lipinski definition) is 1. The summed E-state index contributed by atoms with van der Waals surface area (Å²) in [5, 5.41) is 3.34. The van der Waals surface area contributed by atoms with Crippen molar-refractivity contribution >= 4 is 0 Å². The third kappa shape index (κ3) is 6.92. The molecule has 0 amide bonds. The van der Waals surface area contributed by atoms with Gasteiger partial charge in [0.25, 0.3) is 0 Å². The normalized spacial score (nSPS) is 20.7. The van der Waals surface area contributed by atoms with Crippen molar-refractivity contribution in [1.82, 2.24) is 5.32 Å². The van der Waals surface area contributed by atoms with E-state index in [0.29, 0.717) is 5.41 Å². The average molecular weight is 196 g/mol. The molecule has 0 spiro atoms. The van der Waals surface area contributed by atoms with Gasteiger partial charge in [-0.2, -0.15) is 0 Å². The SMILES string of the molecule is CC.CC1(C)CCNCC1.[HH].[V]. The fraction of sp³-hybridized carbons (Fsp3) is 1.00. The zero-order valence-corrected chi connectivity index (χ0v) is 9.67. The van der Waals surface area contributed by atoms with Crippen molar-refractivity contribution < 1.29 is 20.0 Å². The maximum atomic E-state index is 3.34. The van der Waals surface area contributed by atoms with Gasteiger partial charge in [0.2, 0.25) is 0 Å². The molecular formula is C9H23NV. The van der Waals surface area contributed by atoms with Crippen LogP contribution in [0, 0.1) is 5.41 Å². The molecule has 1 heterocycles. The third-order valence-electron chi connectivity index (χ3n) is 1.96. The van der Waals surface area contributed by atoms with Crippen molar-refractivity contribution in [2.24, 2.45) is 5.41 Å². The van der Waals surface area contributed by atoms with Crippen molar-refractivity contribution in [3.8, 4) is 0 Å². The molecule has 2 heteroatoms.